The lowest BCUT2D eigenvalue weighted by Gasteiger charge is -2.27. The average Bonchev–Trinajstić information content (AvgIpc) is 3.75. The Morgan fingerprint density at radius 1 is 0.588 bits per heavy atom. The van der Waals surface area contributed by atoms with Crippen LogP contribution in [0, 0.1) is 6.92 Å². The second-order valence-corrected chi connectivity index (χ2v) is 13.8. The molecule has 0 saturated carbocycles. The van der Waals surface area contributed by atoms with Crippen molar-refractivity contribution in [3.8, 4) is 0 Å². The Balaban J connectivity index is 1.26. The minimum absolute atomic E-state index is 0.866. The maximum absolute atomic E-state index is 6.23. The van der Waals surface area contributed by atoms with Gasteiger partial charge >= 0.3 is 0 Å². The fourth-order valence-corrected chi connectivity index (χ4v) is 8.33. The van der Waals surface area contributed by atoms with Gasteiger partial charge in [0.2, 0.25) is 0 Å². The Morgan fingerprint density at radius 3 is 2.02 bits per heavy atom. The fourth-order valence-electron chi connectivity index (χ4n) is 7.11. The molecule has 0 radical (unpaired) electrons. The SMILES string of the molecule is C=C(/C=C\c1ccccc1C)N(c1ccc2oc3ccccc3c2c1)c1cccc2c1sc1cccc(N(c3ccccc3)c3ccccc3)c12. The number of hydrogen-bond donors (Lipinski definition) is 0. The van der Waals surface area contributed by atoms with E-state index in [0.29, 0.717) is 0 Å². The van der Waals surface area contributed by atoms with Crippen LogP contribution in [0.15, 0.2) is 187 Å². The van der Waals surface area contributed by atoms with Crippen molar-refractivity contribution in [3.63, 3.8) is 0 Å². The first-order chi connectivity index (χ1) is 25.1. The van der Waals surface area contributed by atoms with Crippen LogP contribution in [0.25, 0.3) is 48.2 Å². The number of aryl methyl sites for hydroxylation is 1. The van der Waals surface area contributed by atoms with Crippen molar-refractivity contribution in [1.29, 1.82) is 0 Å². The Morgan fingerprint density at radius 2 is 1.24 bits per heavy atom. The van der Waals surface area contributed by atoms with Gasteiger partial charge in [-0.25, -0.2) is 0 Å². The molecule has 0 amide bonds. The van der Waals surface area contributed by atoms with Crippen LogP contribution in [0.3, 0.4) is 0 Å². The molecule has 0 aliphatic carbocycles. The molecule has 244 valence electrons. The van der Waals surface area contributed by atoms with Crippen LogP contribution in [0.2, 0.25) is 0 Å². The van der Waals surface area contributed by atoms with E-state index in [-0.39, 0.29) is 0 Å². The first-order valence-corrected chi connectivity index (χ1v) is 17.9. The smallest absolute Gasteiger partial charge is 0.135 e. The van der Waals surface area contributed by atoms with E-state index in [0.717, 1.165) is 56.1 Å². The van der Waals surface area contributed by atoms with Crippen molar-refractivity contribution in [3.05, 3.63) is 193 Å². The minimum atomic E-state index is 0.866. The third-order valence-electron chi connectivity index (χ3n) is 9.54. The lowest BCUT2D eigenvalue weighted by molar-refractivity contribution is 0.669. The van der Waals surface area contributed by atoms with Crippen LogP contribution < -0.4 is 9.80 Å². The van der Waals surface area contributed by atoms with Gasteiger partial charge in [0, 0.05) is 49.0 Å². The predicted molar refractivity (Wildman–Crippen MR) is 219 cm³/mol. The van der Waals surface area contributed by atoms with E-state index < -0.39 is 0 Å². The van der Waals surface area contributed by atoms with E-state index in [9.17, 15) is 0 Å². The standard InChI is InChI=1S/C47H34N2OS/c1-32-15-9-10-16-34(32)28-27-33(2)48(37-29-30-44-40(31-37)38-21-11-12-25-43(38)50-44)42-24-13-22-39-46-41(23-14-26-45(46)51-47(39)42)49(35-17-5-3-6-18-35)36-19-7-4-8-20-36/h3-31H,2H2,1H3/b28-27-. The zero-order chi connectivity index (χ0) is 34.3. The van der Waals surface area contributed by atoms with Gasteiger partial charge in [-0.3, -0.25) is 0 Å². The Labute approximate surface area is 301 Å². The number of hydrogen-bond acceptors (Lipinski definition) is 4. The molecular formula is C47H34N2OS. The number of allylic oxidation sites excluding steroid dienone is 1. The van der Waals surface area contributed by atoms with E-state index in [1.54, 1.807) is 0 Å². The lowest BCUT2D eigenvalue weighted by Crippen LogP contribution is -2.14. The highest BCUT2D eigenvalue weighted by molar-refractivity contribution is 7.26. The van der Waals surface area contributed by atoms with Crippen molar-refractivity contribution in [1.82, 2.24) is 0 Å². The number of fused-ring (bicyclic) bond motifs is 6. The van der Waals surface area contributed by atoms with Crippen molar-refractivity contribution < 1.29 is 4.42 Å². The molecule has 4 heteroatoms. The van der Waals surface area contributed by atoms with E-state index in [2.05, 4.69) is 187 Å². The average molecular weight is 675 g/mol. The van der Waals surface area contributed by atoms with Gasteiger partial charge in [-0.05, 0) is 90.9 Å². The second kappa shape index (κ2) is 12.8. The molecule has 0 unspecified atom stereocenters. The van der Waals surface area contributed by atoms with Gasteiger partial charge in [0.25, 0.3) is 0 Å². The highest BCUT2D eigenvalue weighted by atomic mass is 32.1. The molecule has 51 heavy (non-hydrogen) atoms. The van der Waals surface area contributed by atoms with Crippen LogP contribution in [-0.4, -0.2) is 0 Å². The maximum atomic E-state index is 6.23. The molecule has 0 aliphatic heterocycles. The Hall–Kier alpha value is -6.36. The summed E-state index contributed by atoms with van der Waals surface area (Å²) in [7, 11) is 0. The molecule has 2 aromatic heterocycles. The number of para-hydroxylation sites is 3. The summed E-state index contributed by atoms with van der Waals surface area (Å²) < 4.78 is 8.66. The van der Waals surface area contributed by atoms with Gasteiger partial charge in [-0.15, -0.1) is 11.3 Å². The predicted octanol–water partition coefficient (Wildman–Crippen LogP) is 14.1. The van der Waals surface area contributed by atoms with Crippen molar-refractivity contribution in [2.45, 2.75) is 6.92 Å². The molecule has 0 atom stereocenters. The largest absolute Gasteiger partial charge is 0.456 e. The number of nitrogens with zero attached hydrogens (tertiary/aromatic N) is 2. The van der Waals surface area contributed by atoms with Crippen LogP contribution in [0.1, 0.15) is 11.1 Å². The van der Waals surface area contributed by atoms with E-state index in [4.69, 9.17) is 4.42 Å². The normalized spacial score (nSPS) is 11.6. The third-order valence-corrected chi connectivity index (χ3v) is 10.7. The van der Waals surface area contributed by atoms with E-state index in [1.165, 1.54) is 31.3 Å². The minimum Gasteiger partial charge on any atom is -0.456 e. The second-order valence-electron chi connectivity index (χ2n) is 12.7. The summed E-state index contributed by atoms with van der Waals surface area (Å²) in [5, 5.41) is 4.61. The van der Waals surface area contributed by atoms with Gasteiger partial charge in [0.1, 0.15) is 11.2 Å². The number of rotatable bonds is 8. The summed E-state index contributed by atoms with van der Waals surface area (Å²) >= 11 is 1.82. The van der Waals surface area contributed by atoms with Crippen molar-refractivity contribution in [2.75, 3.05) is 9.80 Å². The van der Waals surface area contributed by atoms with Crippen LogP contribution in [-0.2, 0) is 0 Å². The van der Waals surface area contributed by atoms with Crippen LogP contribution in [0.5, 0.6) is 0 Å². The molecule has 9 aromatic rings. The van der Waals surface area contributed by atoms with Gasteiger partial charge in [0.15, 0.2) is 0 Å². The maximum Gasteiger partial charge on any atom is 0.135 e. The molecule has 0 spiro atoms. The molecule has 7 aromatic carbocycles. The van der Waals surface area contributed by atoms with Crippen molar-refractivity contribution >= 4 is 88.0 Å². The quantitative estimate of drug-likeness (QED) is 0.150. The number of thiophene rings is 1. The highest BCUT2D eigenvalue weighted by Crippen LogP contribution is 2.48. The molecule has 3 nitrogen and oxygen atoms in total. The molecule has 0 saturated heterocycles. The summed E-state index contributed by atoms with van der Waals surface area (Å²) in [4.78, 5) is 4.65. The van der Waals surface area contributed by atoms with Gasteiger partial charge in [-0.1, -0.05) is 110 Å². The van der Waals surface area contributed by atoms with E-state index >= 15 is 0 Å². The molecular weight excluding hydrogens is 641 g/mol. The summed E-state index contributed by atoms with van der Waals surface area (Å²) in [6.07, 6.45) is 4.29. The zero-order valence-electron chi connectivity index (χ0n) is 28.2. The number of benzene rings is 7. The van der Waals surface area contributed by atoms with Crippen molar-refractivity contribution in [2.24, 2.45) is 0 Å². The first-order valence-electron chi connectivity index (χ1n) is 17.1. The summed E-state index contributed by atoms with van der Waals surface area (Å²) in [5.41, 5.74) is 10.5. The third kappa shape index (κ3) is 5.47. The van der Waals surface area contributed by atoms with Crippen LogP contribution >= 0.6 is 11.3 Å². The summed E-state index contributed by atoms with van der Waals surface area (Å²) in [6, 6.07) is 57.7. The number of anilines is 5. The highest BCUT2D eigenvalue weighted by Gasteiger charge is 2.22. The Bertz CT molecular complexity index is 2700. The lowest BCUT2D eigenvalue weighted by atomic mass is 10.1. The summed E-state index contributed by atoms with van der Waals surface area (Å²) in [6.45, 7) is 6.82. The number of furan rings is 1. The zero-order valence-corrected chi connectivity index (χ0v) is 29.0. The molecule has 2 heterocycles. The van der Waals surface area contributed by atoms with Gasteiger partial charge in [0.05, 0.1) is 16.1 Å². The topological polar surface area (TPSA) is 19.6 Å². The van der Waals surface area contributed by atoms with Crippen LogP contribution in [0.4, 0.5) is 28.4 Å². The molecule has 9 rings (SSSR count). The fraction of sp³-hybridized carbons (Fsp3) is 0.0213. The molecule has 0 N–H and O–H groups in total. The monoisotopic (exact) mass is 674 g/mol. The van der Waals surface area contributed by atoms with Gasteiger partial charge in [-0.2, -0.15) is 0 Å². The first kappa shape index (κ1) is 30.7. The molecule has 0 bridgehead atoms. The van der Waals surface area contributed by atoms with Gasteiger partial charge < -0.3 is 14.2 Å². The van der Waals surface area contributed by atoms with E-state index in [1.807, 2.05) is 23.5 Å². The summed E-state index contributed by atoms with van der Waals surface area (Å²) in [5.74, 6) is 0. The Kier molecular flexibility index (Phi) is 7.72. The molecule has 0 fully saturated rings. The molecule has 0 aliphatic rings.